The maximum Gasteiger partial charge on any atom is 0.0757 e. The van der Waals surface area contributed by atoms with Crippen molar-refractivity contribution in [2.75, 3.05) is 0 Å². The molecule has 0 spiro atoms. The molecule has 0 amide bonds. The van der Waals surface area contributed by atoms with Crippen LogP contribution in [0.1, 0.15) is 98.8 Å². The van der Waals surface area contributed by atoms with E-state index in [1.54, 1.807) is 0 Å². The molecule has 0 bridgehead atoms. The minimum Gasteiger partial charge on any atom is -0.393 e. The number of fused-ring (bicyclic) bond motifs is 5. The average Bonchev–Trinajstić information content (AvgIpc) is 3.00. The van der Waals surface area contributed by atoms with E-state index in [9.17, 15) is 10.2 Å². The SMILES string of the molecule is CC(C)CCC[C@@H](C)[C@H]1CC[C@H]2[C@@H]3C(O)C=C4C[C@@H](O)CC[C@]4(C)[C@H]3CC[C@]12C. The molecule has 166 valence electrons. The van der Waals surface area contributed by atoms with E-state index in [0.29, 0.717) is 23.2 Å². The summed E-state index contributed by atoms with van der Waals surface area (Å²) in [7, 11) is 0. The normalized spacial score (nSPS) is 47.9. The minimum atomic E-state index is -0.298. The van der Waals surface area contributed by atoms with E-state index in [2.05, 4.69) is 40.7 Å². The van der Waals surface area contributed by atoms with Crippen molar-refractivity contribution in [3.63, 3.8) is 0 Å². The van der Waals surface area contributed by atoms with Crippen LogP contribution in [-0.2, 0) is 0 Å². The summed E-state index contributed by atoms with van der Waals surface area (Å²) in [6.45, 7) is 12.2. The first-order valence-electron chi connectivity index (χ1n) is 12.7. The Bertz CT molecular complexity index is 624. The molecule has 3 saturated carbocycles. The van der Waals surface area contributed by atoms with E-state index < -0.39 is 0 Å². The smallest absolute Gasteiger partial charge is 0.0757 e. The third kappa shape index (κ3) is 3.65. The van der Waals surface area contributed by atoms with E-state index in [1.165, 1.54) is 50.5 Å². The van der Waals surface area contributed by atoms with Crippen LogP contribution < -0.4 is 0 Å². The van der Waals surface area contributed by atoms with Crippen LogP contribution in [0.15, 0.2) is 11.6 Å². The van der Waals surface area contributed by atoms with Crippen LogP contribution >= 0.6 is 0 Å². The molecule has 29 heavy (non-hydrogen) atoms. The first kappa shape index (κ1) is 21.9. The van der Waals surface area contributed by atoms with Gasteiger partial charge in [-0.1, -0.05) is 65.5 Å². The lowest BCUT2D eigenvalue weighted by Gasteiger charge is -2.59. The van der Waals surface area contributed by atoms with Crippen molar-refractivity contribution in [1.82, 2.24) is 0 Å². The summed E-state index contributed by atoms with van der Waals surface area (Å²) in [4.78, 5) is 0. The number of hydrogen-bond donors (Lipinski definition) is 2. The van der Waals surface area contributed by atoms with Crippen molar-refractivity contribution in [3.05, 3.63) is 11.6 Å². The molecule has 0 saturated heterocycles. The fourth-order valence-corrected chi connectivity index (χ4v) is 8.65. The van der Waals surface area contributed by atoms with Gasteiger partial charge in [-0.15, -0.1) is 0 Å². The standard InChI is InChI=1S/C27H46O2/c1-17(2)7-6-8-18(3)21-9-10-22-25-23(12-14-27(21,22)5)26(4)13-11-20(28)15-19(26)16-24(25)29/h16-18,20-25,28-29H,6-15H2,1-5H3/t18-,20+,21-,22+,23+,24?,25+,26+,27-/m1/s1. The molecule has 0 aliphatic heterocycles. The van der Waals surface area contributed by atoms with Crippen molar-refractivity contribution < 1.29 is 10.2 Å². The molecule has 0 heterocycles. The topological polar surface area (TPSA) is 40.5 Å². The molecular formula is C27H46O2. The third-order valence-electron chi connectivity index (χ3n) is 10.3. The molecule has 0 aromatic heterocycles. The van der Waals surface area contributed by atoms with Crippen molar-refractivity contribution in [2.24, 2.45) is 46.3 Å². The largest absolute Gasteiger partial charge is 0.393 e. The van der Waals surface area contributed by atoms with Crippen molar-refractivity contribution in [2.45, 2.75) is 111 Å². The molecule has 2 nitrogen and oxygen atoms in total. The van der Waals surface area contributed by atoms with Gasteiger partial charge in [0.2, 0.25) is 0 Å². The second kappa shape index (κ2) is 7.97. The van der Waals surface area contributed by atoms with Crippen molar-refractivity contribution >= 4 is 0 Å². The molecule has 0 aromatic carbocycles. The van der Waals surface area contributed by atoms with Gasteiger partial charge < -0.3 is 10.2 Å². The van der Waals surface area contributed by atoms with Gasteiger partial charge in [0.15, 0.2) is 0 Å². The van der Waals surface area contributed by atoms with Gasteiger partial charge in [-0.3, -0.25) is 0 Å². The summed E-state index contributed by atoms with van der Waals surface area (Å²) in [5.41, 5.74) is 1.99. The van der Waals surface area contributed by atoms with Crippen molar-refractivity contribution in [1.29, 1.82) is 0 Å². The Labute approximate surface area is 179 Å². The molecule has 2 N–H and O–H groups in total. The number of aliphatic hydroxyl groups is 2. The van der Waals surface area contributed by atoms with Crippen LogP contribution in [0.25, 0.3) is 0 Å². The van der Waals surface area contributed by atoms with Crippen LogP contribution in [0.3, 0.4) is 0 Å². The fourth-order valence-electron chi connectivity index (χ4n) is 8.65. The lowest BCUT2D eigenvalue weighted by atomic mass is 9.46. The Balaban J connectivity index is 1.54. The molecule has 4 rings (SSSR count). The van der Waals surface area contributed by atoms with E-state index in [4.69, 9.17) is 0 Å². The van der Waals surface area contributed by atoms with Crippen LogP contribution in [0.2, 0.25) is 0 Å². The molecule has 2 heteroatoms. The van der Waals surface area contributed by atoms with Crippen LogP contribution in [0.5, 0.6) is 0 Å². The van der Waals surface area contributed by atoms with E-state index in [-0.39, 0.29) is 17.6 Å². The molecule has 4 aliphatic rings. The maximum absolute atomic E-state index is 11.3. The van der Waals surface area contributed by atoms with Gasteiger partial charge in [-0.2, -0.15) is 0 Å². The highest BCUT2D eigenvalue weighted by atomic mass is 16.3. The summed E-state index contributed by atoms with van der Waals surface area (Å²) in [5, 5.41) is 21.5. The molecule has 9 atom stereocenters. The Hall–Kier alpha value is -0.340. The van der Waals surface area contributed by atoms with Gasteiger partial charge in [-0.25, -0.2) is 0 Å². The summed E-state index contributed by atoms with van der Waals surface area (Å²) in [5.74, 6) is 4.18. The predicted molar refractivity (Wildman–Crippen MR) is 120 cm³/mol. The highest BCUT2D eigenvalue weighted by Crippen LogP contribution is 2.67. The first-order chi connectivity index (χ1) is 13.7. The summed E-state index contributed by atoms with van der Waals surface area (Å²) in [6, 6.07) is 0. The van der Waals surface area contributed by atoms with E-state index >= 15 is 0 Å². The molecule has 0 radical (unpaired) electrons. The van der Waals surface area contributed by atoms with E-state index in [1.807, 2.05) is 0 Å². The van der Waals surface area contributed by atoms with Gasteiger partial charge in [0.1, 0.15) is 0 Å². The maximum atomic E-state index is 11.3. The quantitative estimate of drug-likeness (QED) is 0.525. The predicted octanol–water partition coefficient (Wildman–Crippen LogP) is 6.36. The molecular weight excluding hydrogens is 356 g/mol. The van der Waals surface area contributed by atoms with Gasteiger partial charge in [0.25, 0.3) is 0 Å². The average molecular weight is 403 g/mol. The zero-order valence-corrected chi connectivity index (χ0v) is 19.7. The lowest BCUT2D eigenvalue weighted by molar-refractivity contribution is -0.0970. The number of rotatable bonds is 5. The van der Waals surface area contributed by atoms with Crippen LogP contribution in [-0.4, -0.2) is 22.4 Å². The van der Waals surface area contributed by atoms with Crippen molar-refractivity contribution in [3.8, 4) is 0 Å². The van der Waals surface area contributed by atoms with Gasteiger partial charge in [0.05, 0.1) is 12.2 Å². The highest BCUT2D eigenvalue weighted by molar-refractivity contribution is 5.27. The Morgan fingerprint density at radius 2 is 1.72 bits per heavy atom. The Morgan fingerprint density at radius 3 is 2.45 bits per heavy atom. The zero-order chi connectivity index (χ0) is 21.0. The second-order valence-corrected chi connectivity index (χ2v) is 12.3. The second-order valence-electron chi connectivity index (χ2n) is 12.3. The zero-order valence-electron chi connectivity index (χ0n) is 19.7. The Morgan fingerprint density at radius 1 is 0.966 bits per heavy atom. The minimum absolute atomic E-state index is 0.200. The molecule has 3 fully saturated rings. The monoisotopic (exact) mass is 402 g/mol. The van der Waals surface area contributed by atoms with Gasteiger partial charge >= 0.3 is 0 Å². The van der Waals surface area contributed by atoms with E-state index in [0.717, 1.165) is 37.0 Å². The number of hydrogen-bond acceptors (Lipinski definition) is 2. The summed E-state index contributed by atoms with van der Waals surface area (Å²) >= 11 is 0. The highest BCUT2D eigenvalue weighted by Gasteiger charge is 2.61. The number of aliphatic hydroxyl groups excluding tert-OH is 2. The lowest BCUT2D eigenvalue weighted by Crippen LogP contribution is -2.54. The molecule has 0 aromatic rings. The third-order valence-corrected chi connectivity index (χ3v) is 10.3. The molecule has 1 unspecified atom stereocenters. The fraction of sp³-hybridized carbons (Fsp3) is 0.926. The van der Waals surface area contributed by atoms with Crippen LogP contribution in [0, 0.1) is 46.3 Å². The van der Waals surface area contributed by atoms with Crippen LogP contribution in [0.4, 0.5) is 0 Å². The summed E-state index contributed by atoms with van der Waals surface area (Å²) < 4.78 is 0. The van der Waals surface area contributed by atoms with Gasteiger partial charge in [0, 0.05) is 0 Å². The Kier molecular flexibility index (Phi) is 6.01. The summed E-state index contributed by atoms with van der Waals surface area (Å²) in [6.07, 6.45) is 13.9. The first-order valence-corrected chi connectivity index (χ1v) is 12.7. The molecule has 4 aliphatic carbocycles. The van der Waals surface area contributed by atoms with Gasteiger partial charge in [-0.05, 0) is 91.3 Å².